The van der Waals surface area contributed by atoms with E-state index in [0.29, 0.717) is 6.42 Å². The quantitative estimate of drug-likeness (QED) is 0.395. The molecule has 0 heterocycles. The fraction of sp³-hybridized carbons (Fsp3) is 0.600. The van der Waals surface area contributed by atoms with Crippen molar-refractivity contribution in [1.82, 2.24) is 5.32 Å². The van der Waals surface area contributed by atoms with Gasteiger partial charge in [0, 0.05) is 6.92 Å². The van der Waals surface area contributed by atoms with Crippen LogP contribution in [0.5, 0.6) is 0 Å². The molecule has 14 heavy (non-hydrogen) atoms. The average Bonchev–Trinajstić information content (AvgIpc) is 2.15. The Hall–Kier alpha value is -1.32. The zero-order chi connectivity index (χ0) is 11.0. The molecular weight excluding hydrogens is 182 g/mol. The van der Waals surface area contributed by atoms with Crippen LogP contribution in [0.4, 0.5) is 0 Å². The highest BCUT2D eigenvalue weighted by Gasteiger charge is 2.18. The van der Waals surface area contributed by atoms with E-state index in [4.69, 9.17) is 0 Å². The van der Waals surface area contributed by atoms with Crippen LogP contribution < -0.4 is 5.32 Å². The molecule has 1 atom stereocenters. The first-order valence-electron chi connectivity index (χ1n) is 4.57. The van der Waals surface area contributed by atoms with Crippen molar-refractivity contribution in [2.24, 2.45) is 0 Å². The Morgan fingerprint density at radius 1 is 1.57 bits per heavy atom. The number of unbranched alkanes of at least 4 members (excludes halogenated alkanes) is 1. The summed E-state index contributed by atoms with van der Waals surface area (Å²) < 4.78 is 4.56. The Kier molecular flexibility index (Phi) is 6.45. The van der Waals surface area contributed by atoms with Crippen LogP contribution in [0.1, 0.15) is 26.2 Å². The van der Waals surface area contributed by atoms with E-state index in [9.17, 15) is 9.59 Å². The lowest BCUT2D eigenvalue weighted by Crippen LogP contribution is -2.40. The zero-order valence-corrected chi connectivity index (χ0v) is 8.71. The van der Waals surface area contributed by atoms with Gasteiger partial charge in [-0.3, -0.25) is 4.79 Å². The van der Waals surface area contributed by atoms with E-state index < -0.39 is 12.0 Å². The predicted octanol–water partition coefficient (Wildman–Crippen LogP) is 1.02. The summed E-state index contributed by atoms with van der Waals surface area (Å²) in [5.41, 5.74) is 0. The molecule has 0 aliphatic carbocycles. The Labute approximate surface area is 84.3 Å². The molecule has 0 aliphatic rings. The summed E-state index contributed by atoms with van der Waals surface area (Å²) >= 11 is 0. The Morgan fingerprint density at radius 3 is 2.64 bits per heavy atom. The zero-order valence-electron chi connectivity index (χ0n) is 8.71. The minimum atomic E-state index is -0.530. The normalized spacial score (nSPS) is 11.6. The number of esters is 1. The first kappa shape index (κ1) is 12.7. The topological polar surface area (TPSA) is 55.4 Å². The van der Waals surface area contributed by atoms with Gasteiger partial charge in [-0.2, -0.15) is 0 Å². The molecule has 0 spiro atoms. The lowest BCUT2D eigenvalue weighted by Gasteiger charge is -2.14. The first-order chi connectivity index (χ1) is 6.61. The molecule has 1 amide bonds. The number of amides is 1. The second-order valence-corrected chi connectivity index (χ2v) is 3.00. The van der Waals surface area contributed by atoms with Crippen molar-refractivity contribution in [3.8, 4) is 0 Å². The molecule has 0 radical (unpaired) electrons. The third-order valence-electron chi connectivity index (χ3n) is 1.76. The molecule has 0 fully saturated rings. The lowest BCUT2D eigenvalue weighted by atomic mass is 10.1. The third-order valence-corrected chi connectivity index (χ3v) is 1.76. The summed E-state index contributed by atoms with van der Waals surface area (Å²) in [6.07, 6.45) is 4.00. The summed E-state index contributed by atoms with van der Waals surface area (Å²) in [6, 6.07) is -0.530. The minimum Gasteiger partial charge on any atom is -0.467 e. The van der Waals surface area contributed by atoms with Gasteiger partial charge in [-0.15, -0.1) is 6.58 Å². The molecule has 0 aromatic rings. The highest BCUT2D eigenvalue weighted by Crippen LogP contribution is 2.03. The lowest BCUT2D eigenvalue weighted by molar-refractivity contribution is -0.145. The number of hydrogen-bond acceptors (Lipinski definition) is 3. The molecule has 0 saturated carbocycles. The number of carbonyl (C=O) groups excluding carboxylic acids is 2. The van der Waals surface area contributed by atoms with Crippen molar-refractivity contribution >= 4 is 11.9 Å². The molecule has 0 rings (SSSR count). The van der Waals surface area contributed by atoms with Crippen LogP contribution in [0, 0.1) is 0 Å². The van der Waals surface area contributed by atoms with Gasteiger partial charge < -0.3 is 10.1 Å². The van der Waals surface area contributed by atoms with Gasteiger partial charge in [0.1, 0.15) is 6.04 Å². The molecule has 0 aromatic carbocycles. The second kappa shape index (κ2) is 7.12. The van der Waals surface area contributed by atoms with Crippen molar-refractivity contribution < 1.29 is 14.3 Å². The van der Waals surface area contributed by atoms with E-state index in [1.165, 1.54) is 14.0 Å². The van der Waals surface area contributed by atoms with E-state index in [-0.39, 0.29) is 5.91 Å². The van der Waals surface area contributed by atoms with Crippen LogP contribution in [0.3, 0.4) is 0 Å². The van der Waals surface area contributed by atoms with E-state index in [2.05, 4.69) is 16.6 Å². The van der Waals surface area contributed by atoms with E-state index >= 15 is 0 Å². The van der Waals surface area contributed by atoms with E-state index in [0.717, 1.165) is 12.8 Å². The number of allylic oxidation sites excluding steroid dienone is 1. The van der Waals surface area contributed by atoms with Crippen LogP contribution in [-0.4, -0.2) is 25.0 Å². The van der Waals surface area contributed by atoms with Crippen LogP contribution >= 0.6 is 0 Å². The fourth-order valence-electron chi connectivity index (χ4n) is 1.10. The second-order valence-electron chi connectivity index (χ2n) is 3.00. The molecule has 0 unspecified atom stereocenters. The maximum absolute atomic E-state index is 11.2. The first-order valence-corrected chi connectivity index (χ1v) is 4.57. The summed E-state index contributed by atoms with van der Waals surface area (Å²) in [4.78, 5) is 21.9. The van der Waals surface area contributed by atoms with E-state index in [1.54, 1.807) is 6.08 Å². The summed E-state index contributed by atoms with van der Waals surface area (Å²) in [5, 5.41) is 2.54. The maximum atomic E-state index is 11.2. The number of nitrogens with one attached hydrogen (secondary N) is 1. The van der Waals surface area contributed by atoms with Gasteiger partial charge in [0.05, 0.1) is 7.11 Å². The standard InChI is InChI=1S/C10H17NO3/c1-4-5-6-7-9(10(13)14-3)11-8(2)12/h4,9H,1,5-7H2,2-3H3,(H,11,12)/t9-/m1/s1. The number of hydrogen-bond donors (Lipinski definition) is 1. The predicted molar refractivity (Wildman–Crippen MR) is 53.7 cm³/mol. The van der Waals surface area contributed by atoms with Gasteiger partial charge in [0.15, 0.2) is 0 Å². The van der Waals surface area contributed by atoms with Gasteiger partial charge in [0.25, 0.3) is 0 Å². The summed E-state index contributed by atoms with van der Waals surface area (Å²) in [7, 11) is 1.31. The third kappa shape index (κ3) is 5.35. The van der Waals surface area contributed by atoms with Gasteiger partial charge in [-0.05, 0) is 19.3 Å². The average molecular weight is 199 g/mol. The molecular formula is C10H17NO3. The van der Waals surface area contributed by atoms with Crippen LogP contribution in [-0.2, 0) is 14.3 Å². The van der Waals surface area contributed by atoms with Crippen molar-refractivity contribution in [2.75, 3.05) is 7.11 Å². The van der Waals surface area contributed by atoms with E-state index in [1.807, 2.05) is 0 Å². The van der Waals surface area contributed by atoms with Crippen molar-refractivity contribution in [3.63, 3.8) is 0 Å². The molecule has 0 bridgehead atoms. The molecule has 0 saturated heterocycles. The fourth-order valence-corrected chi connectivity index (χ4v) is 1.10. The number of methoxy groups -OCH3 is 1. The Morgan fingerprint density at radius 2 is 2.21 bits per heavy atom. The largest absolute Gasteiger partial charge is 0.467 e. The number of ether oxygens (including phenoxy) is 1. The highest BCUT2D eigenvalue weighted by molar-refractivity contribution is 5.83. The molecule has 0 aliphatic heterocycles. The SMILES string of the molecule is C=CCCC[C@@H](NC(C)=O)C(=O)OC. The van der Waals surface area contributed by atoms with Crippen molar-refractivity contribution in [1.29, 1.82) is 0 Å². The molecule has 1 N–H and O–H groups in total. The summed E-state index contributed by atoms with van der Waals surface area (Å²) in [6.45, 7) is 4.96. The van der Waals surface area contributed by atoms with Crippen molar-refractivity contribution in [2.45, 2.75) is 32.2 Å². The molecule has 4 heteroatoms. The van der Waals surface area contributed by atoms with Crippen LogP contribution in [0.25, 0.3) is 0 Å². The molecule has 80 valence electrons. The maximum Gasteiger partial charge on any atom is 0.328 e. The van der Waals surface area contributed by atoms with Gasteiger partial charge in [0.2, 0.25) is 5.91 Å². The van der Waals surface area contributed by atoms with Crippen LogP contribution in [0.15, 0.2) is 12.7 Å². The number of carbonyl (C=O) groups is 2. The monoisotopic (exact) mass is 199 g/mol. The Balaban J connectivity index is 4.03. The minimum absolute atomic E-state index is 0.223. The van der Waals surface area contributed by atoms with Gasteiger partial charge >= 0.3 is 5.97 Å². The molecule has 0 aromatic heterocycles. The van der Waals surface area contributed by atoms with Crippen LogP contribution in [0.2, 0.25) is 0 Å². The van der Waals surface area contributed by atoms with Gasteiger partial charge in [-0.1, -0.05) is 6.08 Å². The highest BCUT2D eigenvalue weighted by atomic mass is 16.5. The smallest absolute Gasteiger partial charge is 0.328 e. The molecule has 4 nitrogen and oxygen atoms in total. The number of rotatable bonds is 6. The van der Waals surface area contributed by atoms with Crippen molar-refractivity contribution in [3.05, 3.63) is 12.7 Å². The Bertz CT molecular complexity index is 213. The van der Waals surface area contributed by atoms with Gasteiger partial charge in [-0.25, -0.2) is 4.79 Å². The summed E-state index contributed by atoms with van der Waals surface area (Å²) in [5.74, 6) is -0.622.